The number of amides is 1. The second kappa shape index (κ2) is 7.41. The van der Waals surface area contributed by atoms with E-state index in [-0.39, 0.29) is 18.1 Å². The highest BCUT2D eigenvalue weighted by atomic mass is 16.5. The van der Waals surface area contributed by atoms with E-state index in [0.29, 0.717) is 11.3 Å². The first kappa shape index (κ1) is 15.8. The molecular weight excluding hydrogens is 278 g/mol. The SMILES string of the molecule is COc1ccccc1C(CC(=O)c1ccccc1)NC(C)=O. The number of nitrogens with one attached hydrogen (secondary N) is 1. The van der Waals surface area contributed by atoms with E-state index < -0.39 is 6.04 Å². The van der Waals surface area contributed by atoms with E-state index in [1.54, 1.807) is 19.2 Å². The first-order valence-electron chi connectivity index (χ1n) is 7.10. The number of methoxy groups -OCH3 is 1. The first-order valence-corrected chi connectivity index (χ1v) is 7.10. The highest BCUT2D eigenvalue weighted by molar-refractivity contribution is 5.96. The number of carbonyl (C=O) groups excluding carboxylic acids is 2. The molecule has 0 saturated heterocycles. The van der Waals surface area contributed by atoms with Crippen molar-refractivity contribution in [2.75, 3.05) is 7.11 Å². The zero-order valence-electron chi connectivity index (χ0n) is 12.7. The predicted octanol–water partition coefficient (Wildman–Crippen LogP) is 3.15. The minimum absolute atomic E-state index is 0.0229. The van der Waals surface area contributed by atoms with Gasteiger partial charge in [0.2, 0.25) is 5.91 Å². The Balaban J connectivity index is 2.27. The van der Waals surface area contributed by atoms with Crippen LogP contribution in [0.15, 0.2) is 54.6 Å². The van der Waals surface area contributed by atoms with E-state index in [1.807, 2.05) is 42.5 Å². The van der Waals surface area contributed by atoms with Crippen LogP contribution in [0.2, 0.25) is 0 Å². The number of ether oxygens (including phenoxy) is 1. The van der Waals surface area contributed by atoms with Crippen molar-refractivity contribution in [1.29, 1.82) is 0 Å². The second-order valence-electron chi connectivity index (χ2n) is 4.99. The van der Waals surface area contributed by atoms with Crippen LogP contribution in [0.5, 0.6) is 5.75 Å². The molecule has 0 fully saturated rings. The number of carbonyl (C=O) groups is 2. The van der Waals surface area contributed by atoms with Crippen LogP contribution in [0.4, 0.5) is 0 Å². The molecule has 0 aliphatic rings. The molecule has 22 heavy (non-hydrogen) atoms. The van der Waals surface area contributed by atoms with Gasteiger partial charge in [0.15, 0.2) is 5.78 Å². The van der Waals surface area contributed by atoms with Gasteiger partial charge < -0.3 is 10.1 Å². The van der Waals surface area contributed by atoms with Crippen LogP contribution in [-0.4, -0.2) is 18.8 Å². The van der Waals surface area contributed by atoms with Gasteiger partial charge in [0.25, 0.3) is 0 Å². The molecule has 0 aliphatic heterocycles. The quantitative estimate of drug-likeness (QED) is 0.833. The van der Waals surface area contributed by atoms with Gasteiger partial charge in [-0.15, -0.1) is 0 Å². The average Bonchev–Trinajstić information content (AvgIpc) is 2.54. The number of hydrogen-bond donors (Lipinski definition) is 1. The maximum atomic E-state index is 12.4. The highest BCUT2D eigenvalue weighted by Crippen LogP contribution is 2.28. The summed E-state index contributed by atoms with van der Waals surface area (Å²) in [5, 5.41) is 2.83. The molecule has 1 atom stereocenters. The summed E-state index contributed by atoms with van der Waals surface area (Å²) in [5.74, 6) is 0.448. The molecule has 0 spiro atoms. The normalized spacial score (nSPS) is 11.5. The monoisotopic (exact) mass is 297 g/mol. The highest BCUT2D eigenvalue weighted by Gasteiger charge is 2.21. The number of Topliss-reactive ketones (excluding diaryl/α,β-unsaturated/α-hetero) is 1. The molecule has 1 N–H and O–H groups in total. The molecule has 114 valence electrons. The summed E-state index contributed by atoms with van der Waals surface area (Å²) in [5.41, 5.74) is 1.43. The van der Waals surface area contributed by atoms with Crippen LogP contribution in [0.1, 0.15) is 35.3 Å². The van der Waals surface area contributed by atoms with Crippen molar-refractivity contribution in [3.05, 3.63) is 65.7 Å². The molecule has 2 rings (SSSR count). The summed E-state index contributed by atoms with van der Waals surface area (Å²) in [6.45, 7) is 1.44. The number of para-hydroxylation sites is 1. The van der Waals surface area contributed by atoms with E-state index in [2.05, 4.69) is 5.32 Å². The lowest BCUT2D eigenvalue weighted by Crippen LogP contribution is -2.28. The predicted molar refractivity (Wildman–Crippen MR) is 84.9 cm³/mol. The van der Waals surface area contributed by atoms with E-state index in [4.69, 9.17) is 4.74 Å². The molecule has 0 radical (unpaired) electrons. The fourth-order valence-corrected chi connectivity index (χ4v) is 2.37. The van der Waals surface area contributed by atoms with Crippen LogP contribution < -0.4 is 10.1 Å². The fraction of sp³-hybridized carbons (Fsp3) is 0.222. The number of benzene rings is 2. The Hall–Kier alpha value is -2.62. The van der Waals surface area contributed by atoms with Crippen molar-refractivity contribution in [3.63, 3.8) is 0 Å². The van der Waals surface area contributed by atoms with Crippen LogP contribution in [0.25, 0.3) is 0 Å². The zero-order valence-corrected chi connectivity index (χ0v) is 12.7. The average molecular weight is 297 g/mol. The minimum atomic E-state index is -0.415. The van der Waals surface area contributed by atoms with Crippen molar-refractivity contribution in [1.82, 2.24) is 5.32 Å². The summed E-state index contributed by atoms with van der Waals surface area (Å²) in [6.07, 6.45) is 0.184. The Morgan fingerprint density at radius 2 is 1.68 bits per heavy atom. The minimum Gasteiger partial charge on any atom is -0.496 e. The van der Waals surface area contributed by atoms with E-state index in [9.17, 15) is 9.59 Å². The maximum absolute atomic E-state index is 12.4. The molecule has 0 saturated carbocycles. The fourth-order valence-electron chi connectivity index (χ4n) is 2.37. The third-order valence-corrected chi connectivity index (χ3v) is 3.38. The van der Waals surface area contributed by atoms with Crippen LogP contribution in [0.3, 0.4) is 0 Å². The molecule has 0 aromatic heterocycles. The number of hydrogen-bond acceptors (Lipinski definition) is 3. The lowest BCUT2D eigenvalue weighted by molar-refractivity contribution is -0.119. The summed E-state index contributed by atoms with van der Waals surface area (Å²) in [6, 6.07) is 16.0. The van der Waals surface area contributed by atoms with Crippen LogP contribution in [-0.2, 0) is 4.79 Å². The van der Waals surface area contributed by atoms with Gasteiger partial charge in [0.05, 0.1) is 13.2 Å². The summed E-state index contributed by atoms with van der Waals surface area (Å²) in [7, 11) is 1.57. The standard InChI is InChI=1S/C18H19NO3/c1-13(20)19-16(15-10-6-7-11-18(15)22-2)12-17(21)14-8-4-3-5-9-14/h3-11,16H,12H2,1-2H3,(H,19,20). The molecular formula is C18H19NO3. The Morgan fingerprint density at radius 3 is 2.32 bits per heavy atom. The second-order valence-corrected chi connectivity index (χ2v) is 4.99. The van der Waals surface area contributed by atoms with Gasteiger partial charge in [-0.25, -0.2) is 0 Å². The van der Waals surface area contributed by atoms with Crippen molar-refractivity contribution >= 4 is 11.7 Å². The lowest BCUT2D eigenvalue weighted by Gasteiger charge is -2.20. The zero-order chi connectivity index (χ0) is 15.9. The Morgan fingerprint density at radius 1 is 1.05 bits per heavy atom. The van der Waals surface area contributed by atoms with Gasteiger partial charge in [0.1, 0.15) is 5.75 Å². The van der Waals surface area contributed by atoms with Crippen LogP contribution >= 0.6 is 0 Å². The van der Waals surface area contributed by atoms with E-state index in [1.165, 1.54) is 6.92 Å². The topological polar surface area (TPSA) is 55.4 Å². The van der Waals surface area contributed by atoms with Gasteiger partial charge in [0, 0.05) is 24.5 Å². The van der Waals surface area contributed by atoms with E-state index in [0.717, 1.165) is 5.56 Å². The van der Waals surface area contributed by atoms with Crippen LogP contribution in [0, 0.1) is 0 Å². The largest absolute Gasteiger partial charge is 0.496 e. The van der Waals surface area contributed by atoms with Gasteiger partial charge in [-0.3, -0.25) is 9.59 Å². The Labute approximate surface area is 130 Å². The van der Waals surface area contributed by atoms with Crippen molar-refractivity contribution in [2.24, 2.45) is 0 Å². The van der Waals surface area contributed by atoms with Gasteiger partial charge in [-0.2, -0.15) is 0 Å². The van der Waals surface area contributed by atoms with Crippen molar-refractivity contribution < 1.29 is 14.3 Å². The molecule has 1 amide bonds. The van der Waals surface area contributed by atoms with Gasteiger partial charge in [-0.05, 0) is 6.07 Å². The molecule has 4 heteroatoms. The molecule has 0 aliphatic carbocycles. The van der Waals surface area contributed by atoms with Crippen molar-refractivity contribution in [2.45, 2.75) is 19.4 Å². The molecule has 0 heterocycles. The summed E-state index contributed by atoms with van der Waals surface area (Å²) < 4.78 is 5.33. The number of ketones is 1. The van der Waals surface area contributed by atoms with Crippen molar-refractivity contribution in [3.8, 4) is 5.75 Å². The third kappa shape index (κ3) is 3.95. The molecule has 1 unspecified atom stereocenters. The molecule has 0 bridgehead atoms. The van der Waals surface area contributed by atoms with Gasteiger partial charge >= 0.3 is 0 Å². The first-order chi connectivity index (χ1) is 10.6. The molecule has 2 aromatic rings. The third-order valence-electron chi connectivity index (χ3n) is 3.38. The van der Waals surface area contributed by atoms with E-state index >= 15 is 0 Å². The van der Waals surface area contributed by atoms with Gasteiger partial charge in [-0.1, -0.05) is 48.5 Å². The Kier molecular flexibility index (Phi) is 5.31. The summed E-state index contributed by atoms with van der Waals surface area (Å²) in [4.78, 5) is 23.9. The molecule has 2 aromatic carbocycles. The molecule has 4 nitrogen and oxygen atoms in total. The number of rotatable bonds is 6. The Bertz CT molecular complexity index is 652. The lowest BCUT2D eigenvalue weighted by atomic mass is 9.97. The maximum Gasteiger partial charge on any atom is 0.217 e. The smallest absolute Gasteiger partial charge is 0.217 e. The summed E-state index contributed by atoms with van der Waals surface area (Å²) >= 11 is 0.